The van der Waals surface area contributed by atoms with Crippen LogP contribution in [0.1, 0.15) is 18.4 Å². The molecule has 1 aliphatic rings. The van der Waals surface area contributed by atoms with Crippen LogP contribution < -0.4 is 20.2 Å². The van der Waals surface area contributed by atoms with Gasteiger partial charge in [-0.1, -0.05) is 18.2 Å². The van der Waals surface area contributed by atoms with Crippen LogP contribution >= 0.6 is 0 Å². The standard InChI is InChI=1S/C21H19NO6/c23-17-9-8-14-19(24)18(28-13-5-2-1-3-6-13)12-27-20(14)15(17)11-22-10-4-7-16(22)21(25)26/h1-3,5-6,8-9,12,16,23H,4,7,10-11H2,(H,25,26)/t16-/m1/s1. The number of hydrogen-bond acceptors (Lipinski definition) is 6. The molecule has 7 nitrogen and oxygen atoms in total. The maximum atomic E-state index is 12.8. The largest absolute Gasteiger partial charge is 0.544 e. The normalized spacial score (nSPS) is 19.0. The van der Waals surface area contributed by atoms with Crippen molar-refractivity contribution in [2.24, 2.45) is 0 Å². The zero-order chi connectivity index (χ0) is 19.7. The molecule has 1 unspecified atom stereocenters. The molecule has 0 saturated carbocycles. The smallest absolute Gasteiger partial charge is 0.235 e. The van der Waals surface area contributed by atoms with Gasteiger partial charge in [-0.25, -0.2) is 0 Å². The van der Waals surface area contributed by atoms with Crippen molar-refractivity contribution in [3.63, 3.8) is 0 Å². The Balaban J connectivity index is 1.72. The minimum atomic E-state index is -1.10. The molecule has 1 aromatic heterocycles. The second-order valence-electron chi connectivity index (χ2n) is 6.88. The van der Waals surface area contributed by atoms with Gasteiger partial charge in [0.15, 0.2) is 5.58 Å². The number of ether oxygens (including phenoxy) is 1. The van der Waals surface area contributed by atoms with Crippen LogP contribution in [0.4, 0.5) is 0 Å². The van der Waals surface area contributed by atoms with E-state index >= 15 is 0 Å². The summed E-state index contributed by atoms with van der Waals surface area (Å²) in [6.45, 7) is 0.873. The molecular weight excluding hydrogens is 362 g/mol. The SMILES string of the molecule is O=C([O-])[C@H]1CCC[NH+]1Cc1c(O)ccc2c(=O)c(Oc3ccccc3)coc12. The summed E-state index contributed by atoms with van der Waals surface area (Å²) in [5.74, 6) is -0.598. The number of para-hydroxylation sites is 1. The third-order valence-corrected chi connectivity index (χ3v) is 5.13. The average Bonchev–Trinajstić information content (AvgIpc) is 3.16. The second kappa shape index (κ2) is 7.36. The molecular formula is C21H19NO6. The van der Waals surface area contributed by atoms with Crippen molar-refractivity contribution < 1.29 is 29.1 Å². The molecule has 7 heteroatoms. The maximum Gasteiger partial charge on any atom is 0.235 e. The molecule has 0 amide bonds. The highest BCUT2D eigenvalue weighted by Crippen LogP contribution is 2.28. The molecule has 0 aliphatic carbocycles. The zero-order valence-electron chi connectivity index (χ0n) is 15.0. The molecule has 2 N–H and O–H groups in total. The number of nitrogens with one attached hydrogen (secondary N) is 1. The van der Waals surface area contributed by atoms with Crippen LogP contribution in [0, 0.1) is 0 Å². The van der Waals surface area contributed by atoms with Crippen molar-refractivity contribution >= 4 is 16.9 Å². The minimum Gasteiger partial charge on any atom is -0.544 e. The summed E-state index contributed by atoms with van der Waals surface area (Å²) in [6, 6.07) is 11.1. The van der Waals surface area contributed by atoms with E-state index in [1.807, 2.05) is 6.07 Å². The second-order valence-corrected chi connectivity index (χ2v) is 6.88. The van der Waals surface area contributed by atoms with Gasteiger partial charge in [-0.2, -0.15) is 0 Å². The van der Waals surface area contributed by atoms with E-state index in [1.165, 1.54) is 18.4 Å². The molecule has 1 saturated heterocycles. The van der Waals surface area contributed by atoms with Crippen LogP contribution in [0.15, 0.2) is 57.9 Å². The number of rotatable bonds is 5. The Labute approximate surface area is 160 Å². The summed E-state index contributed by atoms with van der Waals surface area (Å²) < 4.78 is 11.3. The molecule has 0 spiro atoms. The van der Waals surface area contributed by atoms with Crippen molar-refractivity contribution in [1.82, 2.24) is 0 Å². The lowest BCUT2D eigenvalue weighted by Crippen LogP contribution is -3.14. The number of aliphatic carboxylic acids is 1. The highest BCUT2D eigenvalue weighted by Gasteiger charge is 2.31. The van der Waals surface area contributed by atoms with Crippen LogP contribution in [0.2, 0.25) is 0 Å². The Kier molecular flexibility index (Phi) is 4.75. The Bertz CT molecular complexity index is 1080. The number of benzene rings is 2. The maximum absolute atomic E-state index is 12.8. The van der Waals surface area contributed by atoms with E-state index in [4.69, 9.17) is 9.15 Å². The van der Waals surface area contributed by atoms with Crippen molar-refractivity contribution in [3.8, 4) is 17.2 Å². The van der Waals surface area contributed by atoms with Gasteiger partial charge in [0.05, 0.1) is 23.5 Å². The van der Waals surface area contributed by atoms with Gasteiger partial charge >= 0.3 is 0 Å². The molecule has 2 heterocycles. The third kappa shape index (κ3) is 3.32. The predicted molar refractivity (Wildman–Crippen MR) is 98.2 cm³/mol. The summed E-state index contributed by atoms with van der Waals surface area (Å²) in [6.07, 6.45) is 2.51. The Hall–Kier alpha value is -3.32. The summed E-state index contributed by atoms with van der Waals surface area (Å²) in [4.78, 5) is 24.9. The number of hydrogen-bond donors (Lipinski definition) is 2. The Morgan fingerprint density at radius 2 is 2.04 bits per heavy atom. The van der Waals surface area contributed by atoms with Gasteiger partial charge in [0, 0.05) is 12.8 Å². The number of phenols is 1. The van der Waals surface area contributed by atoms with Gasteiger partial charge in [-0.05, 0) is 24.3 Å². The molecule has 2 aromatic carbocycles. The van der Waals surface area contributed by atoms with E-state index in [1.54, 1.807) is 24.3 Å². The van der Waals surface area contributed by atoms with Crippen molar-refractivity contribution in [3.05, 3.63) is 64.5 Å². The molecule has 3 aromatic rings. The monoisotopic (exact) mass is 381 g/mol. The lowest BCUT2D eigenvalue weighted by atomic mass is 10.1. The Morgan fingerprint density at radius 3 is 2.79 bits per heavy atom. The molecule has 1 fully saturated rings. The van der Waals surface area contributed by atoms with Gasteiger partial charge in [0.25, 0.3) is 0 Å². The van der Waals surface area contributed by atoms with Gasteiger partial charge < -0.3 is 29.1 Å². The van der Waals surface area contributed by atoms with E-state index in [-0.39, 0.29) is 34.4 Å². The van der Waals surface area contributed by atoms with E-state index in [9.17, 15) is 19.8 Å². The lowest BCUT2D eigenvalue weighted by molar-refractivity contribution is -0.919. The number of likely N-dealkylation sites (tertiary alicyclic amines) is 1. The number of quaternary nitrogens is 1. The van der Waals surface area contributed by atoms with Gasteiger partial charge in [-0.15, -0.1) is 0 Å². The molecule has 1 aliphatic heterocycles. The predicted octanol–water partition coefficient (Wildman–Crippen LogP) is 0.588. The molecule has 4 rings (SSSR count). The summed E-state index contributed by atoms with van der Waals surface area (Å²) in [5, 5.41) is 21.9. The zero-order valence-corrected chi connectivity index (χ0v) is 15.0. The third-order valence-electron chi connectivity index (χ3n) is 5.13. The van der Waals surface area contributed by atoms with Crippen LogP contribution in [0.25, 0.3) is 11.0 Å². The van der Waals surface area contributed by atoms with E-state index < -0.39 is 12.0 Å². The van der Waals surface area contributed by atoms with Crippen LogP contribution in [0.3, 0.4) is 0 Å². The fourth-order valence-corrected chi connectivity index (χ4v) is 3.72. The first-order valence-electron chi connectivity index (χ1n) is 9.09. The number of carbonyl (C=O) groups excluding carboxylic acids is 1. The number of carboxylic acids is 1. The summed E-state index contributed by atoms with van der Waals surface area (Å²) in [5.41, 5.74) is 0.283. The number of carbonyl (C=O) groups is 1. The van der Waals surface area contributed by atoms with E-state index in [2.05, 4.69) is 0 Å². The average molecular weight is 381 g/mol. The van der Waals surface area contributed by atoms with Crippen LogP contribution in [-0.2, 0) is 11.3 Å². The van der Waals surface area contributed by atoms with Gasteiger partial charge in [-0.3, -0.25) is 4.79 Å². The number of phenolic OH excluding ortho intramolecular Hbond substituents is 1. The van der Waals surface area contributed by atoms with Crippen LogP contribution in [0.5, 0.6) is 17.2 Å². The number of carboxylic acid groups (broad SMARTS) is 1. The van der Waals surface area contributed by atoms with Crippen molar-refractivity contribution in [2.75, 3.05) is 6.54 Å². The molecule has 2 atom stereocenters. The number of fused-ring (bicyclic) bond motifs is 1. The highest BCUT2D eigenvalue weighted by atomic mass is 16.5. The van der Waals surface area contributed by atoms with Gasteiger partial charge in [0.2, 0.25) is 11.2 Å². The Morgan fingerprint density at radius 1 is 1.25 bits per heavy atom. The quantitative estimate of drug-likeness (QED) is 0.670. The highest BCUT2D eigenvalue weighted by molar-refractivity contribution is 5.83. The van der Waals surface area contributed by atoms with Crippen LogP contribution in [-0.4, -0.2) is 23.7 Å². The lowest BCUT2D eigenvalue weighted by Gasteiger charge is -2.22. The fraction of sp³-hybridized carbons (Fsp3) is 0.238. The van der Waals surface area contributed by atoms with Crippen molar-refractivity contribution in [1.29, 1.82) is 0 Å². The first kappa shape index (κ1) is 18.1. The first-order chi connectivity index (χ1) is 13.5. The molecule has 0 radical (unpaired) electrons. The summed E-state index contributed by atoms with van der Waals surface area (Å²) >= 11 is 0. The first-order valence-corrected chi connectivity index (χ1v) is 9.09. The van der Waals surface area contributed by atoms with E-state index in [0.29, 0.717) is 24.3 Å². The molecule has 0 bridgehead atoms. The minimum absolute atomic E-state index is 0.0381. The van der Waals surface area contributed by atoms with Crippen molar-refractivity contribution in [2.45, 2.75) is 25.4 Å². The molecule has 144 valence electrons. The summed E-state index contributed by atoms with van der Waals surface area (Å²) in [7, 11) is 0. The number of aromatic hydroxyl groups is 1. The molecule has 28 heavy (non-hydrogen) atoms. The van der Waals surface area contributed by atoms with E-state index in [0.717, 1.165) is 11.3 Å². The fourth-order valence-electron chi connectivity index (χ4n) is 3.72. The van der Waals surface area contributed by atoms with Gasteiger partial charge in [0.1, 0.15) is 30.3 Å². The topological polar surface area (TPSA) is 104 Å².